The summed E-state index contributed by atoms with van der Waals surface area (Å²) >= 11 is 0. The summed E-state index contributed by atoms with van der Waals surface area (Å²) in [5.74, 6) is -0.849. The maximum atomic E-state index is 12.7. The summed E-state index contributed by atoms with van der Waals surface area (Å²) in [6.07, 6.45) is 4.18. The average molecular weight is 359 g/mol. The maximum absolute atomic E-state index is 12.7. The lowest BCUT2D eigenvalue weighted by Gasteiger charge is -2.13. The Hall–Kier alpha value is -2.63. The number of aromatic nitrogens is 2. The third kappa shape index (κ3) is 4.94. The molecular weight excluding hydrogens is 332 g/mol. The second-order valence-electron chi connectivity index (χ2n) is 6.36. The predicted octanol–water partition coefficient (Wildman–Crippen LogP) is 2.90. The van der Waals surface area contributed by atoms with E-state index >= 15 is 0 Å². The third-order valence-corrected chi connectivity index (χ3v) is 4.22. The first kappa shape index (κ1) is 19.7. The van der Waals surface area contributed by atoms with E-state index in [1.54, 1.807) is 13.1 Å². The van der Waals surface area contributed by atoms with Crippen molar-refractivity contribution in [1.29, 1.82) is 0 Å². The van der Waals surface area contributed by atoms with Gasteiger partial charge in [0.15, 0.2) is 0 Å². The van der Waals surface area contributed by atoms with E-state index in [1.165, 1.54) is 7.11 Å². The van der Waals surface area contributed by atoms with E-state index in [0.717, 1.165) is 18.5 Å². The normalized spacial score (nSPS) is 13.1. The summed E-state index contributed by atoms with van der Waals surface area (Å²) in [5, 5.41) is 0. The summed E-state index contributed by atoms with van der Waals surface area (Å²) < 4.78 is 14.0. The largest absolute Gasteiger partial charge is 0.469 e. The fraction of sp³-hybridized carbons (Fsp3) is 0.450. The minimum Gasteiger partial charge on any atom is -0.469 e. The molecule has 2 aromatic rings. The van der Waals surface area contributed by atoms with Gasteiger partial charge in [-0.1, -0.05) is 37.3 Å². The Morgan fingerprint density at radius 2 is 1.88 bits per heavy atom. The number of rotatable bonds is 8. The zero-order chi connectivity index (χ0) is 19.1. The number of ether oxygens (including phenoxy) is 2. The van der Waals surface area contributed by atoms with Crippen molar-refractivity contribution < 1.29 is 23.6 Å². The van der Waals surface area contributed by atoms with Crippen molar-refractivity contribution in [2.45, 2.75) is 52.3 Å². The van der Waals surface area contributed by atoms with Crippen molar-refractivity contribution in [3.8, 4) is 0 Å². The van der Waals surface area contributed by atoms with E-state index in [1.807, 2.05) is 52.7 Å². The van der Waals surface area contributed by atoms with Crippen LogP contribution in [0.5, 0.6) is 0 Å². The van der Waals surface area contributed by atoms with Gasteiger partial charge in [0.25, 0.3) is 5.69 Å². The summed E-state index contributed by atoms with van der Waals surface area (Å²) in [4.78, 5) is 24.1. The van der Waals surface area contributed by atoms with Crippen LogP contribution in [0.2, 0.25) is 0 Å². The Morgan fingerprint density at radius 3 is 2.50 bits per heavy atom. The summed E-state index contributed by atoms with van der Waals surface area (Å²) in [6, 6.07) is 9.96. The molecule has 0 aliphatic rings. The minimum atomic E-state index is -0.551. The zero-order valence-electron chi connectivity index (χ0n) is 15.8. The molecule has 0 aliphatic carbocycles. The number of hydrogen-bond acceptors (Lipinski definition) is 4. The van der Waals surface area contributed by atoms with E-state index in [4.69, 9.17) is 4.74 Å². The number of nitrogens with zero attached hydrogens (tertiary/aromatic N) is 2. The molecule has 0 fully saturated rings. The van der Waals surface area contributed by atoms with Crippen LogP contribution in [0.4, 0.5) is 0 Å². The molecule has 1 aromatic heterocycles. The van der Waals surface area contributed by atoms with Crippen molar-refractivity contribution in [2.24, 2.45) is 0 Å². The molecule has 0 aliphatic heterocycles. The van der Waals surface area contributed by atoms with Crippen LogP contribution < -0.4 is 4.57 Å². The maximum Gasteiger partial charge on any atom is 0.382 e. The molecule has 1 heterocycles. The van der Waals surface area contributed by atoms with E-state index in [9.17, 15) is 9.59 Å². The van der Waals surface area contributed by atoms with Crippen LogP contribution in [0, 0.1) is 0 Å². The van der Waals surface area contributed by atoms with E-state index in [0.29, 0.717) is 5.69 Å². The van der Waals surface area contributed by atoms with Gasteiger partial charge in [0.05, 0.1) is 20.1 Å². The van der Waals surface area contributed by atoms with Crippen LogP contribution in [0.15, 0.2) is 42.9 Å². The quantitative estimate of drug-likeness (QED) is 0.537. The summed E-state index contributed by atoms with van der Waals surface area (Å²) in [6.45, 7) is 6.62. The number of imidazole rings is 1. The van der Waals surface area contributed by atoms with Crippen LogP contribution in [-0.2, 0) is 20.8 Å². The van der Waals surface area contributed by atoms with Gasteiger partial charge < -0.3 is 9.47 Å². The van der Waals surface area contributed by atoms with Gasteiger partial charge in [-0.3, -0.25) is 4.79 Å². The first-order valence-corrected chi connectivity index (χ1v) is 8.89. The van der Waals surface area contributed by atoms with Crippen molar-refractivity contribution in [1.82, 2.24) is 4.57 Å². The lowest BCUT2D eigenvalue weighted by atomic mass is 10.1. The first-order valence-electron chi connectivity index (χ1n) is 8.89. The highest BCUT2D eigenvalue weighted by Crippen LogP contribution is 2.20. The van der Waals surface area contributed by atoms with Crippen LogP contribution in [-0.4, -0.2) is 29.7 Å². The van der Waals surface area contributed by atoms with Crippen LogP contribution in [0.3, 0.4) is 0 Å². The van der Waals surface area contributed by atoms with Crippen LogP contribution >= 0.6 is 0 Å². The van der Waals surface area contributed by atoms with Gasteiger partial charge in [-0.05, 0) is 25.8 Å². The fourth-order valence-electron chi connectivity index (χ4n) is 2.82. The Kier molecular flexibility index (Phi) is 6.95. The van der Waals surface area contributed by atoms with Gasteiger partial charge >= 0.3 is 11.9 Å². The van der Waals surface area contributed by atoms with Crippen LogP contribution in [0.1, 0.15) is 55.7 Å². The van der Waals surface area contributed by atoms with Gasteiger partial charge in [0.2, 0.25) is 6.33 Å². The smallest absolute Gasteiger partial charge is 0.382 e. The van der Waals surface area contributed by atoms with Gasteiger partial charge in [0.1, 0.15) is 18.3 Å². The number of hydrogen-bond donors (Lipinski definition) is 0. The number of esters is 2. The zero-order valence-corrected chi connectivity index (χ0v) is 15.8. The molecule has 6 nitrogen and oxygen atoms in total. The number of carbonyl (C=O) groups excluding carboxylic acids is 2. The summed E-state index contributed by atoms with van der Waals surface area (Å²) in [7, 11) is 1.32. The van der Waals surface area contributed by atoms with Gasteiger partial charge in [-0.2, -0.15) is 0 Å². The van der Waals surface area contributed by atoms with Crippen molar-refractivity contribution in [3.63, 3.8) is 0 Å². The van der Waals surface area contributed by atoms with E-state index < -0.39 is 18.0 Å². The fourth-order valence-corrected chi connectivity index (χ4v) is 2.82. The van der Waals surface area contributed by atoms with Crippen molar-refractivity contribution in [2.75, 3.05) is 7.11 Å². The number of benzene rings is 1. The van der Waals surface area contributed by atoms with Gasteiger partial charge in [0, 0.05) is 0 Å². The monoisotopic (exact) mass is 359 g/mol. The molecule has 0 bridgehead atoms. The van der Waals surface area contributed by atoms with Crippen molar-refractivity contribution >= 4 is 11.9 Å². The number of methoxy groups -OCH3 is 1. The minimum absolute atomic E-state index is 0.0206. The van der Waals surface area contributed by atoms with Gasteiger partial charge in [-0.25, -0.2) is 13.9 Å². The van der Waals surface area contributed by atoms with E-state index in [2.05, 4.69) is 11.7 Å². The molecule has 0 amide bonds. The molecule has 0 N–H and O–H groups in total. The highest BCUT2D eigenvalue weighted by molar-refractivity contribution is 5.87. The molecular formula is C20H27N2O4+. The first-order chi connectivity index (χ1) is 12.5. The second-order valence-corrected chi connectivity index (χ2v) is 6.36. The highest BCUT2D eigenvalue weighted by atomic mass is 16.6. The lowest BCUT2D eigenvalue weighted by molar-refractivity contribution is -0.696. The van der Waals surface area contributed by atoms with Crippen molar-refractivity contribution in [3.05, 3.63) is 54.1 Å². The molecule has 140 valence electrons. The molecule has 0 spiro atoms. The lowest BCUT2D eigenvalue weighted by Crippen LogP contribution is -2.30. The third-order valence-electron chi connectivity index (χ3n) is 4.22. The molecule has 2 unspecified atom stereocenters. The molecule has 2 rings (SSSR count). The summed E-state index contributed by atoms with van der Waals surface area (Å²) in [5.41, 5.74) is 1.56. The molecule has 0 saturated carbocycles. The average Bonchev–Trinajstić information content (AvgIpc) is 3.06. The SMILES string of the molecule is CCC[n+]1cc(C(=O)OC(C)CC(=O)OC)n(C(C)c2ccccc2)c1. The Labute approximate surface area is 154 Å². The topological polar surface area (TPSA) is 61.4 Å². The Bertz CT molecular complexity index is 740. The molecule has 6 heteroatoms. The molecule has 0 saturated heterocycles. The molecule has 1 aromatic carbocycles. The standard InChI is InChI=1S/C20H27N2O4/c1-5-11-21-13-18(20(24)26-15(2)12-19(23)25-4)22(14-21)16(3)17-9-7-6-8-10-17/h6-10,13-16H,5,11-12H2,1-4H3/q+1. The Morgan fingerprint density at radius 1 is 1.19 bits per heavy atom. The van der Waals surface area contributed by atoms with Crippen LogP contribution in [0.25, 0.3) is 0 Å². The number of aryl methyl sites for hydroxylation is 1. The van der Waals surface area contributed by atoms with Gasteiger partial charge in [-0.15, -0.1) is 0 Å². The molecule has 26 heavy (non-hydrogen) atoms. The predicted molar refractivity (Wildman–Crippen MR) is 96.7 cm³/mol. The van der Waals surface area contributed by atoms with E-state index in [-0.39, 0.29) is 12.5 Å². The Balaban J connectivity index is 2.25. The second kappa shape index (κ2) is 9.17. The molecule has 2 atom stereocenters. The number of carbonyl (C=O) groups is 2. The molecule has 0 radical (unpaired) electrons. The highest BCUT2D eigenvalue weighted by Gasteiger charge is 2.28.